The first-order chi connectivity index (χ1) is 17.5. The molecule has 186 valence electrons. The van der Waals surface area contributed by atoms with Gasteiger partial charge in [-0.15, -0.1) is 0 Å². The van der Waals surface area contributed by atoms with E-state index in [0.29, 0.717) is 54.4 Å². The molecular formula is C29H28O7. The Hall–Kier alpha value is -4.39. The third-order valence-corrected chi connectivity index (χ3v) is 5.15. The van der Waals surface area contributed by atoms with E-state index in [1.165, 1.54) is 0 Å². The summed E-state index contributed by atoms with van der Waals surface area (Å²) in [5, 5.41) is 0. The van der Waals surface area contributed by atoms with E-state index >= 15 is 0 Å². The minimum atomic E-state index is -0.531. The molecule has 0 N–H and O–H groups in total. The van der Waals surface area contributed by atoms with Crippen molar-refractivity contribution < 1.29 is 33.3 Å². The maximum Gasteiger partial charge on any atom is 0.343 e. The number of carbonyl (C=O) groups excluding carboxylic acids is 3. The van der Waals surface area contributed by atoms with Crippen LogP contribution in [0.3, 0.4) is 0 Å². The first-order valence-electron chi connectivity index (χ1n) is 11.6. The zero-order valence-corrected chi connectivity index (χ0v) is 20.1. The normalized spacial score (nSPS) is 10.2. The summed E-state index contributed by atoms with van der Waals surface area (Å²) in [6.07, 6.45) is 3.42. The van der Waals surface area contributed by atoms with E-state index in [1.54, 1.807) is 60.7 Å². The van der Waals surface area contributed by atoms with Crippen LogP contribution in [0.5, 0.6) is 17.2 Å². The predicted molar refractivity (Wildman–Crippen MR) is 135 cm³/mol. The average molecular weight is 489 g/mol. The van der Waals surface area contributed by atoms with Crippen LogP contribution in [0.15, 0.2) is 85.5 Å². The Bertz CT molecular complexity index is 1160. The van der Waals surface area contributed by atoms with E-state index in [4.69, 9.17) is 18.9 Å². The lowest BCUT2D eigenvalue weighted by Crippen LogP contribution is -2.10. The molecule has 0 aliphatic rings. The van der Waals surface area contributed by atoms with Crippen LogP contribution in [-0.4, -0.2) is 31.1 Å². The summed E-state index contributed by atoms with van der Waals surface area (Å²) in [6.45, 7) is 6.15. The van der Waals surface area contributed by atoms with Gasteiger partial charge in [0, 0.05) is 6.08 Å². The summed E-state index contributed by atoms with van der Waals surface area (Å²) in [7, 11) is 0. The molecule has 0 heterocycles. The molecule has 36 heavy (non-hydrogen) atoms. The summed E-state index contributed by atoms with van der Waals surface area (Å²) < 4.78 is 21.3. The zero-order chi connectivity index (χ0) is 25.8. The van der Waals surface area contributed by atoms with Gasteiger partial charge in [-0.25, -0.2) is 14.4 Å². The molecule has 0 aromatic heterocycles. The van der Waals surface area contributed by atoms with E-state index in [1.807, 2.05) is 12.1 Å². The van der Waals surface area contributed by atoms with Crippen LogP contribution in [0.2, 0.25) is 0 Å². The summed E-state index contributed by atoms with van der Waals surface area (Å²) >= 11 is 0. The highest BCUT2D eigenvalue weighted by Crippen LogP contribution is 2.19. The number of ether oxygens (including phenoxy) is 4. The lowest BCUT2D eigenvalue weighted by atomic mass is 10.2. The van der Waals surface area contributed by atoms with E-state index < -0.39 is 17.9 Å². The van der Waals surface area contributed by atoms with Crippen molar-refractivity contribution in [3.05, 3.63) is 102 Å². The second-order valence-electron chi connectivity index (χ2n) is 7.75. The fourth-order valence-electron chi connectivity index (χ4n) is 3.10. The Morgan fingerprint density at radius 3 is 1.67 bits per heavy atom. The largest absolute Gasteiger partial charge is 0.494 e. The molecule has 3 aromatic carbocycles. The van der Waals surface area contributed by atoms with Crippen LogP contribution in [0.4, 0.5) is 0 Å². The minimum Gasteiger partial charge on any atom is -0.494 e. The second kappa shape index (κ2) is 13.5. The highest BCUT2D eigenvalue weighted by Gasteiger charge is 2.12. The Morgan fingerprint density at radius 1 is 0.694 bits per heavy atom. The molecule has 0 unspecified atom stereocenters. The standard InChI is InChI=1S/C29H28O7/c1-3-21-7-13-25(14-8-21)35-29(32)23-11-17-26(18-12-23)36-28(31)22-9-15-24(16-10-22)33-19-5-6-20-34-27(30)4-2/h4,7-18H,2-3,5-6,19-20H2,1H3. The molecule has 0 saturated carbocycles. The quantitative estimate of drug-likeness (QED) is 0.142. The van der Waals surface area contributed by atoms with E-state index in [9.17, 15) is 14.4 Å². The summed E-state index contributed by atoms with van der Waals surface area (Å²) in [4.78, 5) is 35.8. The van der Waals surface area contributed by atoms with E-state index in [-0.39, 0.29) is 0 Å². The molecule has 0 spiro atoms. The summed E-state index contributed by atoms with van der Waals surface area (Å²) in [6, 6.07) is 20.1. The monoisotopic (exact) mass is 488 g/mol. The molecule has 0 aliphatic carbocycles. The van der Waals surface area contributed by atoms with E-state index in [2.05, 4.69) is 13.5 Å². The first kappa shape index (κ1) is 26.2. The highest BCUT2D eigenvalue weighted by atomic mass is 16.5. The zero-order valence-electron chi connectivity index (χ0n) is 20.1. The number of carbonyl (C=O) groups is 3. The fourth-order valence-corrected chi connectivity index (χ4v) is 3.10. The maximum atomic E-state index is 12.4. The van der Waals surface area contributed by atoms with Crippen molar-refractivity contribution in [3.63, 3.8) is 0 Å². The third-order valence-electron chi connectivity index (χ3n) is 5.15. The van der Waals surface area contributed by atoms with Crippen LogP contribution in [0.25, 0.3) is 0 Å². The van der Waals surface area contributed by atoms with Crippen molar-refractivity contribution in [3.8, 4) is 17.2 Å². The van der Waals surface area contributed by atoms with Crippen LogP contribution in [0, 0.1) is 0 Å². The number of hydrogen-bond donors (Lipinski definition) is 0. The van der Waals surface area contributed by atoms with Crippen LogP contribution >= 0.6 is 0 Å². The van der Waals surface area contributed by atoms with Gasteiger partial charge in [0.25, 0.3) is 0 Å². The molecule has 0 atom stereocenters. The molecular weight excluding hydrogens is 460 g/mol. The smallest absolute Gasteiger partial charge is 0.343 e. The van der Waals surface area contributed by atoms with Crippen LogP contribution < -0.4 is 14.2 Å². The predicted octanol–water partition coefficient (Wildman–Crippen LogP) is 5.58. The van der Waals surface area contributed by atoms with Gasteiger partial charge in [-0.05, 0) is 85.5 Å². The van der Waals surface area contributed by atoms with Gasteiger partial charge in [0.1, 0.15) is 17.2 Å². The van der Waals surface area contributed by atoms with Gasteiger partial charge in [0.05, 0.1) is 24.3 Å². The van der Waals surface area contributed by atoms with Gasteiger partial charge in [-0.3, -0.25) is 0 Å². The number of unbranched alkanes of at least 4 members (excludes halogenated alkanes) is 1. The highest BCUT2D eigenvalue weighted by molar-refractivity contribution is 5.92. The van der Waals surface area contributed by atoms with Crippen molar-refractivity contribution >= 4 is 17.9 Å². The van der Waals surface area contributed by atoms with Gasteiger partial charge >= 0.3 is 17.9 Å². The summed E-state index contributed by atoms with van der Waals surface area (Å²) in [5.74, 6) is -0.0787. The molecule has 0 fully saturated rings. The van der Waals surface area contributed by atoms with Crippen molar-refractivity contribution in [2.75, 3.05) is 13.2 Å². The molecule has 7 heteroatoms. The van der Waals surface area contributed by atoms with E-state index in [0.717, 1.165) is 18.1 Å². The Balaban J connectivity index is 1.44. The van der Waals surface area contributed by atoms with Gasteiger partial charge < -0.3 is 18.9 Å². The maximum absolute atomic E-state index is 12.4. The molecule has 0 saturated heterocycles. The Morgan fingerprint density at radius 2 is 1.17 bits per heavy atom. The van der Waals surface area contributed by atoms with Crippen molar-refractivity contribution in [2.45, 2.75) is 26.2 Å². The minimum absolute atomic E-state index is 0.307. The molecule has 3 aromatic rings. The number of aryl methyl sites for hydroxylation is 1. The molecule has 3 rings (SSSR count). The number of esters is 3. The average Bonchev–Trinajstić information content (AvgIpc) is 2.91. The van der Waals surface area contributed by atoms with Gasteiger partial charge in [0.2, 0.25) is 0 Å². The molecule has 0 amide bonds. The Labute approximate surface area is 210 Å². The number of rotatable bonds is 12. The molecule has 0 radical (unpaired) electrons. The second-order valence-corrected chi connectivity index (χ2v) is 7.75. The third kappa shape index (κ3) is 8.13. The van der Waals surface area contributed by atoms with Gasteiger partial charge in [-0.1, -0.05) is 25.6 Å². The number of hydrogen-bond acceptors (Lipinski definition) is 7. The van der Waals surface area contributed by atoms with Crippen molar-refractivity contribution in [2.24, 2.45) is 0 Å². The SMILES string of the molecule is C=CC(=O)OCCCCOc1ccc(C(=O)Oc2ccc(C(=O)Oc3ccc(CC)cc3)cc2)cc1. The number of benzene rings is 3. The van der Waals surface area contributed by atoms with Crippen LogP contribution in [0.1, 0.15) is 46.0 Å². The first-order valence-corrected chi connectivity index (χ1v) is 11.6. The molecule has 0 bridgehead atoms. The Kier molecular flexibility index (Phi) is 9.82. The lowest BCUT2D eigenvalue weighted by Gasteiger charge is -2.08. The molecule has 0 aliphatic heterocycles. The fraction of sp³-hybridized carbons (Fsp3) is 0.207. The lowest BCUT2D eigenvalue weighted by molar-refractivity contribution is -0.137. The summed E-state index contributed by atoms with van der Waals surface area (Å²) in [5.41, 5.74) is 1.86. The van der Waals surface area contributed by atoms with Crippen LogP contribution in [-0.2, 0) is 16.0 Å². The van der Waals surface area contributed by atoms with Gasteiger partial charge in [0.15, 0.2) is 0 Å². The van der Waals surface area contributed by atoms with Crippen molar-refractivity contribution in [1.29, 1.82) is 0 Å². The topological polar surface area (TPSA) is 88.1 Å². The van der Waals surface area contributed by atoms with Gasteiger partial charge in [-0.2, -0.15) is 0 Å². The molecule has 7 nitrogen and oxygen atoms in total. The van der Waals surface area contributed by atoms with Crippen molar-refractivity contribution in [1.82, 2.24) is 0 Å².